The van der Waals surface area contributed by atoms with E-state index in [1.54, 1.807) is 0 Å². The molecular weight excluding hydrogens is 399 g/mol. The zero-order valence-electron chi connectivity index (χ0n) is 14.2. The van der Waals surface area contributed by atoms with Gasteiger partial charge in [0.2, 0.25) is 10.0 Å². The third-order valence-corrected chi connectivity index (χ3v) is 6.03. The predicted octanol–water partition coefficient (Wildman–Crippen LogP) is 3.25. The Hall–Kier alpha value is -1.09. The van der Waals surface area contributed by atoms with Crippen molar-refractivity contribution in [3.05, 3.63) is 51.9 Å². The molecule has 0 bridgehead atoms. The van der Waals surface area contributed by atoms with Crippen molar-refractivity contribution in [3.8, 4) is 0 Å². The van der Waals surface area contributed by atoms with Gasteiger partial charge in [-0.3, -0.25) is 4.90 Å². The second-order valence-electron chi connectivity index (χ2n) is 6.07. The molecule has 1 fully saturated rings. The summed E-state index contributed by atoms with van der Waals surface area (Å²) in [7, 11) is -3.76. The summed E-state index contributed by atoms with van der Waals surface area (Å²) < 4.78 is 39.1. The SMILES string of the molecule is Cc1ccc(C(CNS(=O)(=O)c2cc(Cl)cc(Cl)c2)N2CCOCC2)o1. The zero-order valence-corrected chi connectivity index (χ0v) is 16.6. The highest BCUT2D eigenvalue weighted by molar-refractivity contribution is 7.89. The minimum Gasteiger partial charge on any atom is -0.465 e. The summed E-state index contributed by atoms with van der Waals surface area (Å²) in [4.78, 5) is 2.18. The molecule has 26 heavy (non-hydrogen) atoms. The summed E-state index contributed by atoms with van der Waals surface area (Å²) in [6, 6.07) is 7.75. The first-order chi connectivity index (χ1) is 12.3. The van der Waals surface area contributed by atoms with E-state index in [1.165, 1.54) is 18.2 Å². The Morgan fingerprint density at radius 3 is 2.38 bits per heavy atom. The van der Waals surface area contributed by atoms with E-state index in [4.69, 9.17) is 32.4 Å². The van der Waals surface area contributed by atoms with E-state index >= 15 is 0 Å². The molecule has 9 heteroatoms. The van der Waals surface area contributed by atoms with Crippen LogP contribution in [0, 0.1) is 6.92 Å². The summed E-state index contributed by atoms with van der Waals surface area (Å²) in [6.07, 6.45) is 0. The van der Waals surface area contributed by atoms with Gasteiger partial charge < -0.3 is 9.15 Å². The second-order valence-corrected chi connectivity index (χ2v) is 8.71. The first-order valence-electron chi connectivity index (χ1n) is 8.19. The smallest absolute Gasteiger partial charge is 0.240 e. The molecule has 2 heterocycles. The number of rotatable bonds is 6. The Kier molecular flexibility index (Phi) is 6.27. The van der Waals surface area contributed by atoms with Crippen LogP contribution in [0.2, 0.25) is 10.0 Å². The molecule has 3 rings (SSSR count). The summed E-state index contributed by atoms with van der Waals surface area (Å²) in [5, 5.41) is 0.536. The van der Waals surface area contributed by atoms with Gasteiger partial charge in [-0.1, -0.05) is 23.2 Å². The Labute approximate surface area is 163 Å². The summed E-state index contributed by atoms with van der Waals surface area (Å²) in [5.41, 5.74) is 0. The fraction of sp³-hybridized carbons (Fsp3) is 0.412. The molecular formula is C17H20Cl2N2O4S. The zero-order chi connectivity index (χ0) is 18.7. The van der Waals surface area contributed by atoms with Crippen molar-refractivity contribution < 1.29 is 17.6 Å². The number of furan rings is 1. The van der Waals surface area contributed by atoms with E-state index in [0.717, 1.165) is 11.5 Å². The quantitative estimate of drug-likeness (QED) is 0.779. The number of benzene rings is 1. The first kappa shape index (κ1) is 19.7. The predicted molar refractivity (Wildman–Crippen MR) is 100 cm³/mol. The van der Waals surface area contributed by atoms with E-state index in [0.29, 0.717) is 26.3 Å². The number of ether oxygens (including phenoxy) is 1. The van der Waals surface area contributed by atoms with Gasteiger partial charge >= 0.3 is 0 Å². The van der Waals surface area contributed by atoms with Crippen LogP contribution in [0.3, 0.4) is 0 Å². The van der Waals surface area contributed by atoms with E-state index in [1.807, 2.05) is 19.1 Å². The molecule has 1 aromatic carbocycles. The van der Waals surface area contributed by atoms with Crippen molar-refractivity contribution in [1.82, 2.24) is 9.62 Å². The molecule has 2 aromatic rings. The van der Waals surface area contributed by atoms with Gasteiger partial charge in [0, 0.05) is 29.7 Å². The standard InChI is InChI=1S/C17H20Cl2N2O4S/c1-12-2-3-17(25-12)16(21-4-6-24-7-5-21)11-20-26(22,23)15-9-13(18)8-14(19)10-15/h2-3,8-10,16,20H,4-7,11H2,1H3. The minimum atomic E-state index is -3.76. The second kappa shape index (κ2) is 8.29. The monoisotopic (exact) mass is 418 g/mol. The maximum atomic E-state index is 12.7. The van der Waals surface area contributed by atoms with Crippen molar-refractivity contribution in [1.29, 1.82) is 0 Å². The number of hydrogen-bond donors (Lipinski definition) is 1. The Morgan fingerprint density at radius 1 is 1.15 bits per heavy atom. The normalized spacial score (nSPS) is 17.3. The fourth-order valence-electron chi connectivity index (χ4n) is 2.89. The molecule has 1 atom stereocenters. The highest BCUT2D eigenvalue weighted by Crippen LogP contribution is 2.25. The van der Waals surface area contributed by atoms with E-state index in [9.17, 15) is 8.42 Å². The van der Waals surface area contributed by atoms with Crippen LogP contribution in [0.25, 0.3) is 0 Å². The van der Waals surface area contributed by atoms with Gasteiger partial charge in [-0.25, -0.2) is 13.1 Å². The van der Waals surface area contributed by atoms with Gasteiger partial charge in [0.15, 0.2) is 0 Å². The van der Waals surface area contributed by atoms with Crippen LogP contribution >= 0.6 is 23.2 Å². The molecule has 1 N–H and O–H groups in total. The lowest BCUT2D eigenvalue weighted by Crippen LogP contribution is -2.43. The van der Waals surface area contributed by atoms with Crippen molar-refractivity contribution in [3.63, 3.8) is 0 Å². The maximum Gasteiger partial charge on any atom is 0.240 e. The number of nitrogens with zero attached hydrogens (tertiary/aromatic N) is 1. The van der Waals surface area contributed by atoms with Crippen LogP contribution in [-0.4, -0.2) is 46.2 Å². The average molecular weight is 419 g/mol. The van der Waals surface area contributed by atoms with Crippen LogP contribution in [0.4, 0.5) is 0 Å². The van der Waals surface area contributed by atoms with E-state index in [2.05, 4.69) is 9.62 Å². The lowest BCUT2D eigenvalue weighted by molar-refractivity contribution is 0.0127. The first-order valence-corrected chi connectivity index (χ1v) is 10.4. The number of morpholine rings is 1. The molecule has 6 nitrogen and oxygen atoms in total. The van der Waals surface area contributed by atoms with E-state index in [-0.39, 0.29) is 27.5 Å². The molecule has 0 spiro atoms. The Balaban J connectivity index is 1.80. The Morgan fingerprint density at radius 2 is 1.81 bits per heavy atom. The molecule has 1 aromatic heterocycles. The third-order valence-electron chi connectivity index (χ3n) is 4.19. The number of halogens is 2. The van der Waals surface area contributed by atoms with Crippen LogP contribution in [0.1, 0.15) is 17.6 Å². The van der Waals surface area contributed by atoms with E-state index < -0.39 is 10.0 Å². The van der Waals surface area contributed by atoms with Crippen molar-refractivity contribution in [2.45, 2.75) is 17.9 Å². The largest absolute Gasteiger partial charge is 0.465 e. The van der Waals surface area contributed by atoms with Crippen molar-refractivity contribution >= 4 is 33.2 Å². The number of nitrogens with one attached hydrogen (secondary N) is 1. The molecule has 1 aliphatic rings. The molecule has 0 amide bonds. The third kappa shape index (κ3) is 4.79. The Bertz CT molecular complexity index is 843. The van der Waals surface area contributed by atoms with Gasteiger partial charge in [-0.15, -0.1) is 0 Å². The summed E-state index contributed by atoms with van der Waals surface area (Å²) >= 11 is 11.9. The molecule has 142 valence electrons. The van der Waals surface area contributed by atoms with Gasteiger partial charge in [0.25, 0.3) is 0 Å². The number of hydrogen-bond acceptors (Lipinski definition) is 5. The number of sulfonamides is 1. The summed E-state index contributed by atoms with van der Waals surface area (Å²) in [6.45, 7) is 4.64. The average Bonchev–Trinajstić information content (AvgIpc) is 3.01. The van der Waals surface area contributed by atoms with Gasteiger partial charge in [-0.2, -0.15) is 0 Å². The maximum absolute atomic E-state index is 12.7. The van der Waals surface area contributed by atoms with Crippen LogP contribution in [-0.2, 0) is 14.8 Å². The minimum absolute atomic E-state index is 0.0337. The lowest BCUT2D eigenvalue weighted by Gasteiger charge is -2.33. The van der Waals surface area contributed by atoms with Gasteiger partial charge in [0.05, 0.1) is 24.2 Å². The molecule has 1 saturated heterocycles. The fourth-order valence-corrected chi connectivity index (χ4v) is 4.65. The molecule has 0 aliphatic carbocycles. The molecule has 0 radical (unpaired) electrons. The van der Waals surface area contributed by atoms with Gasteiger partial charge in [-0.05, 0) is 37.3 Å². The topological polar surface area (TPSA) is 71.8 Å². The number of aryl methyl sites for hydroxylation is 1. The molecule has 1 aliphatic heterocycles. The molecule has 1 unspecified atom stereocenters. The molecule has 0 saturated carbocycles. The highest BCUT2D eigenvalue weighted by Gasteiger charge is 2.27. The van der Waals surface area contributed by atoms with Crippen molar-refractivity contribution in [2.75, 3.05) is 32.8 Å². The van der Waals surface area contributed by atoms with Crippen LogP contribution in [0.5, 0.6) is 0 Å². The van der Waals surface area contributed by atoms with Gasteiger partial charge in [0.1, 0.15) is 11.5 Å². The van der Waals surface area contributed by atoms with Crippen LogP contribution in [0.15, 0.2) is 39.6 Å². The summed E-state index contributed by atoms with van der Waals surface area (Å²) in [5.74, 6) is 1.50. The lowest BCUT2D eigenvalue weighted by atomic mass is 10.2. The highest BCUT2D eigenvalue weighted by atomic mass is 35.5. The van der Waals surface area contributed by atoms with Crippen LogP contribution < -0.4 is 4.72 Å². The van der Waals surface area contributed by atoms with Crippen molar-refractivity contribution in [2.24, 2.45) is 0 Å².